The lowest BCUT2D eigenvalue weighted by molar-refractivity contribution is 0.243. The standard InChI is InChI=1S/C14H25N3O2S2/c1-3-15-10-14-6-4-5-8-17(14)21(18,19)16-12(2)13-7-9-20-11-13/h7,9,11-12,14-16H,3-6,8,10H2,1-2H3. The maximum Gasteiger partial charge on any atom is 0.280 e. The fraction of sp³-hybridized carbons (Fsp3) is 0.714. The van der Waals surface area contributed by atoms with E-state index in [0.717, 1.165) is 37.9 Å². The van der Waals surface area contributed by atoms with Crippen LogP contribution in [0.2, 0.25) is 0 Å². The fourth-order valence-electron chi connectivity index (χ4n) is 2.69. The topological polar surface area (TPSA) is 61.4 Å². The molecule has 1 aromatic heterocycles. The second-order valence-electron chi connectivity index (χ2n) is 5.47. The van der Waals surface area contributed by atoms with Gasteiger partial charge < -0.3 is 5.32 Å². The van der Waals surface area contributed by atoms with Gasteiger partial charge in [-0.05, 0) is 48.7 Å². The van der Waals surface area contributed by atoms with Crippen molar-refractivity contribution in [3.05, 3.63) is 22.4 Å². The molecule has 2 unspecified atom stereocenters. The molecule has 2 rings (SSSR count). The predicted octanol–water partition coefficient (Wildman–Crippen LogP) is 2.11. The zero-order chi connectivity index (χ0) is 15.3. The molecule has 0 aliphatic carbocycles. The predicted molar refractivity (Wildman–Crippen MR) is 87.7 cm³/mol. The number of piperidine rings is 1. The molecule has 1 aliphatic heterocycles. The van der Waals surface area contributed by atoms with Crippen molar-refractivity contribution >= 4 is 21.5 Å². The van der Waals surface area contributed by atoms with Gasteiger partial charge in [-0.15, -0.1) is 0 Å². The van der Waals surface area contributed by atoms with Crippen LogP contribution in [0.15, 0.2) is 16.8 Å². The van der Waals surface area contributed by atoms with Gasteiger partial charge >= 0.3 is 0 Å². The van der Waals surface area contributed by atoms with Crippen molar-refractivity contribution in [2.75, 3.05) is 19.6 Å². The highest BCUT2D eigenvalue weighted by Crippen LogP contribution is 2.22. The Balaban J connectivity index is 2.05. The molecule has 21 heavy (non-hydrogen) atoms. The number of hydrogen-bond acceptors (Lipinski definition) is 4. The molecular weight excluding hydrogens is 306 g/mol. The van der Waals surface area contributed by atoms with Crippen LogP contribution in [0, 0.1) is 0 Å². The summed E-state index contributed by atoms with van der Waals surface area (Å²) in [6, 6.07) is 1.83. The summed E-state index contributed by atoms with van der Waals surface area (Å²) in [6.07, 6.45) is 2.97. The second kappa shape index (κ2) is 7.69. The lowest BCUT2D eigenvalue weighted by Crippen LogP contribution is -2.52. The van der Waals surface area contributed by atoms with Crippen LogP contribution in [0.4, 0.5) is 0 Å². The third-order valence-corrected chi connectivity index (χ3v) is 6.33. The lowest BCUT2D eigenvalue weighted by Gasteiger charge is -2.35. The van der Waals surface area contributed by atoms with Crippen LogP contribution >= 0.6 is 11.3 Å². The van der Waals surface area contributed by atoms with E-state index in [1.165, 1.54) is 0 Å². The molecule has 0 spiro atoms. The molecule has 0 radical (unpaired) electrons. The van der Waals surface area contributed by atoms with Crippen LogP contribution in [-0.2, 0) is 10.2 Å². The van der Waals surface area contributed by atoms with Gasteiger partial charge in [0.2, 0.25) is 0 Å². The maximum absolute atomic E-state index is 12.7. The van der Waals surface area contributed by atoms with Gasteiger partial charge in [0.1, 0.15) is 0 Å². The normalized spacial score (nSPS) is 22.3. The first-order valence-electron chi connectivity index (χ1n) is 7.56. The van der Waals surface area contributed by atoms with E-state index in [0.29, 0.717) is 6.54 Å². The second-order valence-corrected chi connectivity index (χ2v) is 7.90. The average Bonchev–Trinajstić information content (AvgIpc) is 2.99. The van der Waals surface area contributed by atoms with Crippen molar-refractivity contribution in [1.29, 1.82) is 0 Å². The summed E-state index contributed by atoms with van der Waals surface area (Å²) < 4.78 is 29.8. The zero-order valence-corrected chi connectivity index (χ0v) is 14.3. The minimum Gasteiger partial charge on any atom is -0.315 e. The summed E-state index contributed by atoms with van der Waals surface area (Å²) in [7, 11) is -3.44. The first-order chi connectivity index (χ1) is 10.0. The van der Waals surface area contributed by atoms with Crippen molar-refractivity contribution in [2.24, 2.45) is 0 Å². The van der Waals surface area contributed by atoms with Crippen molar-refractivity contribution < 1.29 is 8.42 Å². The van der Waals surface area contributed by atoms with Crippen LogP contribution in [0.1, 0.15) is 44.7 Å². The fourth-order valence-corrected chi connectivity index (χ4v) is 5.10. The molecule has 1 fully saturated rings. The number of likely N-dealkylation sites (N-methyl/N-ethyl adjacent to an activating group) is 1. The van der Waals surface area contributed by atoms with E-state index in [9.17, 15) is 8.42 Å². The number of thiophene rings is 1. The van der Waals surface area contributed by atoms with E-state index in [2.05, 4.69) is 10.0 Å². The number of nitrogens with one attached hydrogen (secondary N) is 2. The lowest BCUT2D eigenvalue weighted by atomic mass is 10.1. The molecule has 2 heterocycles. The Morgan fingerprint density at radius 2 is 2.29 bits per heavy atom. The third-order valence-electron chi connectivity index (χ3n) is 3.88. The van der Waals surface area contributed by atoms with Gasteiger partial charge in [-0.1, -0.05) is 13.3 Å². The van der Waals surface area contributed by atoms with E-state index in [1.807, 2.05) is 30.7 Å². The Kier molecular flexibility index (Phi) is 6.19. The van der Waals surface area contributed by atoms with Crippen LogP contribution < -0.4 is 10.0 Å². The largest absolute Gasteiger partial charge is 0.315 e. The van der Waals surface area contributed by atoms with Crippen molar-refractivity contribution in [1.82, 2.24) is 14.3 Å². The van der Waals surface area contributed by atoms with E-state index in [1.54, 1.807) is 15.6 Å². The van der Waals surface area contributed by atoms with Crippen LogP contribution in [0.3, 0.4) is 0 Å². The zero-order valence-electron chi connectivity index (χ0n) is 12.7. The minimum atomic E-state index is -3.44. The summed E-state index contributed by atoms with van der Waals surface area (Å²) in [5.41, 5.74) is 1.02. The quantitative estimate of drug-likeness (QED) is 0.804. The maximum atomic E-state index is 12.7. The highest BCUT2D eigenvalue weighted by molar-refractivity contribution is 7.87. The molecule has 120 valence electrons. The van der Waals surface area contributed by atoms with Crippen molar-refractivity contribution in [3.63, 3.8) is 0 Å². The summed E-state index contributed by atoms with van der Waals surface area (Å²) in [5, 5.41) is 7.22. The van der Waals surface area contributed by atoms with Gasteiger partial charge in [0.25, 0.3) is 10.2 Å². The molecule has 7 heteroatoms. The molecule has 1 saturated heterocycles. The Hall–Kier alpha value is -0.470. The molecule has 2 atom stereocenters. The summed E-state index contributed by atoms with van der Waals surface area (Å²) in [6.45, 7) is 6.14. The first kappa shape index (κ1) is 16.9. The van der Waals surface area contributed by atoms with Gasteiger partial charge in [-0.2, -0.15) is 28.8 Å². The van der Waals surface area contributed by atoms with Gasteiger partial charge in [0.15, 0.2) is 0 Å². The Morgan fingerprint density at radius 3 is 2.95 bits per heavy atom. The molecule has 0 amide bonds. The van der Waals surface area contributed by atoms with Crippen molar-refractivity contribution in [3.8, 4) is 0 Å². The molecule has 0 aromatic carbocycles. The van der Waals surface area contributed by atoms with Gasteiger partial charge in [-0.3, -0.25) is 0 Å². The Bertz CT molecular complexity index is 516. The van der Waals surface area contributed by atoms with E-state index in [4.69, 9.17) is 0 Å². The minimum absolute atomic E-state index is 0.0610. The van der Waals surface area contributed by atoms with Gasteiger partial charge in [0.05, 0.1) is 0 Å². The van der Waals surface area contributed by atoms with Crippen molar-refractivity contribution in [2.45, 2.75) is 45.2 Å². The van der Waals surface area contributed by atoms with Crippen LogP contribution in [0.25, 0.3) is 0 Å². The smallest absolute Gasteiger partial charge is 0.280 e. The van der Waals surface area contributed by atoms with E-state index < -0.39 is 10.2 Å². The van der Waals surface area contributed by atoms with Gasteiger partial charge in [0, 0.05) is 25.2 Å². The van der Waals surface area contributed by atoms with E-state index in [-0.39, 0.29) is 12.1 Å². The number of hydrogen-bond donors (Lipinski definition) is 2. The third kappa shape index (κ3) is 4.50. The van der Waals surface area contributed by atoms with E-state index >= 15 is 0 Å². The molecule has 2 N–H and O–H groups in total. The van der Waals surface area contributed by atoms with Gasteiger partial charge in [-0.25, -0.2) is 0 Å². The van der Waals surface area contributed by atoms with Crippen LogP contribution in [0.5, 0.6) is 0 Å². The Morgan fingerprint density at radius 1 is 1.48 bits per heavy atom. The summed E-state index contributed by atoms with van der Waals surface area (Å²) in [5.74, 6) is 0. The molecule has 1 aliphatic rings. The SMILES string of the molecule is CCNCC1CCCCN1S(=O)(=O)NC(C)c1ccsc1. The summed E-state index contributed by atoms with van der Waals surface area (Å²) in [4.78, 5) is 0. The molecule has 5 nitrogen and oxygen atoms in total. The molecule has 1 aromatic rings. The number of nitrogens with zero attached hydrogens (tertiary/aromatic N) is 1. The highest BCUT2D eigenvalue weighted by atomic mass is 32.2. The summed E-state index contributed by atoms with van der Waals surface area (Å²) >= 11 is 1.58. The molecule has 0 bridgehead atoms. The monoisotopic (exact) mass is 331 g/mol. The van der Waals surface area contributed by atoms with Crippen LogP contribution in [-0.4, -0.2) is 38.4 Å². The average molecular weight is 332 g/mol. The Labute approximate surface area is 131 Å². The number of rotatable bonds is 7. The first-order valence-corrected chi connectivity index (χ1v) is 9.94. The molecule has 0 saturated carbocycles. The highest BCUT2D eigenvalue weighted by Gasteiger charge is 2.32. The molecular formula is C14H25N3O2S2.